The molecule has 116 valence electrons. The lowest BCUT2D eigenvalue weighted by Crippen LogP contribution is -2.32. The van der Waals surface area contributed by atoms with E-state index in [1.807, 2.05) is 0 Å². The predicted molar refractivity (Wildman–Crippen MR) is 82.0 cm³/mol. The molecule has 1 aromatic rings. The quantitative estimate of drug-likeness (QED) is 0.714. The Morgan fingerprint density at radius 1 is 1.20 bits per heavy atom. The van der Waals surface area contributed by atoms with Crippen molar-refractivity contribution in [2.24, 2.45) is 0 Å². The predicted octanol–water partition coefficient (Wildman–Crippen LogP) is 2.45. The molecule has 2 atom stereocenters. The zero-order valence-electron chi connectivity index (χ0n) is 13.6. The van der Waals surface area contributed by atoms with E-state index in [0.29, 0.717) is 12.0 Å². The van der Waals surface area contributed by atoms with Crippen LogP contribution in [0.3, 0.4) is 0 Å². The molecule has 5 nitrogen and oxygen atoms in total. The van der Waals surface area contributed by atoms with Gasteiger partial charge in [-0.1, -0.05) is 32.9 Å². The minimum absolute atomic E-state index is 0.296. The third-order valence-corrected chi connectivity index (χ3v) is 3.92. The number of likely N-dealkylation sites (N-methyl/N-ethyl adjacent to an activating group) is 2. The summed E-state index contributed by atoms with van der Waals surface area (Å²) >= 11 is 0. The van der Waals surface area contributed by atoms with E-state index in [4.69, 9.17) is 4.52 Å². The topological polar surface area (TPSA) is 54.2 Å². The van der Waals surface area contributed by atoms with Crippen LogP contribution in [0, 0.1) is 0 Å². The van der Waals surface area contributed by atoms with E-state index in [1.54, 1.807) is 0 Å². The molecule has 0 bridgehead atoms. The molecule has 0 spiro atoms. The average molecular weight is 282 g/mol. The minimum atomic E-state index is 0.296. The molecule has 0 fully saturated rings. The fourth-order valence-electron chi connectivity index (χ4n) is 2.52. The van der Waals surface area contributed by atoms with E-state index in [1.165, 1.54) is 0 Å². The van der Waals surface area contributed by atoms with Crippen LogP contribution in [0.5, 0.6) is 0 Å². The average Bonchev–Trinajstić information content (AvgIpc) is 2.90. The largest absolute Gasteiger partial charge is 0.339 e. The minimum Gasteiger partial charge on any atom is -0.339 e. The highest BCUT2D eigenvalue weighted by Crippen LogP contribution is 2.21. The van der Waals surface area contributed by atoms with Crippen LogP contribution in [-0.4, -0.2) is 47.3 Å². The van der Waals surface area contributed by atoms with Gasteiger partial charge in [0.2, 0.25) is 5.89 Å². The Morgan fingerprint density at radius 2 is 1.90 bits per heavy atom. The number of aromatic nitrogens is 2. The lowest BCUT2D eigenvalue weighted by molar-refractivity contribution is 0.299. The van der Waals surface area contributed by atoms with Gasteiger partial charge < -0.3 is 14.7 Å². The Hall–Kier alpha value is -0.940. The maximum Gasteiger partial charge on any atom is 0.231 e. The van der Waals surface area contributed by atoms with Crippen molar-refractivity contribution < 1.29 is 4.52 Å². The molecule has 5 heteroatoms. The van der Waals surface area contributed by atoms with E-state index in [0.717, 1.165) is 50.7 Å². The van der Waals surface area contributed by atoms with E-state index in [2.05, 4.69) is 55.0 Å². The van der Waals surface area contributed by atoms with Gasteiger partial charge in [0.1, 0.15) is 0 Å². The fraction of sp³-hybridized carbons (Fsp3) is 0.867. The van der Waals surface area contributed by atoms with Crippen molar-refractivity contribution in [1.82, 2.24) is 20.4 Å². The SMILES string of the molecule is CCNC(C)C(CC)c1nc(CCN(CC)CC)no1. The smallest absolute Gasteiger partial charge is 0.231 e. The molecule has 0 saturated heterocycles. The maximum absolute atomic E-state index is 5.47. The maximum atomic E-state index is 5.47. The zero-order chi connectivity index (χ0) is 15.0. The Balaban J connectivity index is 2.60. The summed E-state index contributed by atoms with van der Waals surface area (Å²) in [5.41, 5.74) is 0. The third-order valence-electron chi connectivity index (χ3n) is 3.92. The Morgan fingerprint density at radius 3 is 2.45 bits per heavy atom. The normalized spacial score (nSPS) is 14.7. The van der Waals surface area contributed by atoms with Crippen molar-refractivity contribution in [3.8, 4) is 0 Å². The first-order valence-electron chi connectivity index (χ1n) is 7.94. The van der Waals surface area contributed by atoms with Crippen LogP contribution in [0.15, 0.2) is 4.52 Å². The second kappa shape index (κ2) is 9.08. The molecule has 0 aliphatic carbocycles. The summed E-state index contributed by atoms with van der Waals surface area (Å²) in [5, 5.41) is 7.56. The van der Waals surface area contributed by atoms with Crippen molar-refractivity contribution in [1.29, 1.82) is 0 Å². The van der Waals surface area contributed by atoms with Gasteiger partial charge >= 0.3 is 0 Å². The van der Waals surface area contributed by atoms with E-state index in [-0.39, 0.29) is 0 Å². The highest BCUT2D eigenvalue weighted by atomic mass is 16.5. The first-order valence-corrected chi connectivity index (χ1v) is 7.94. The third kappa shape index (κ3) is 4.87. The van der Waals surface area contributed by atoms with Crippen LogP contribution in [-0.2, 0) is 6.42 Å². The fourth-order valence-corrected chi connectivity index (χ4v) is 2.52. The summed E-state index contributed by atoms with van der Waals surface area (Å²) in [5.74, 6) is 1.90. The molecule has 0 amide bonds. The second-order valence-corrected chi connectivity index (χ2v) is 5.19. The lowest BCUT2D eigenvalue weighted by Gasteiger charge is -2.19. The van der Waals surface area contributed by atoms with Crippen LogP contribution in [0.2, 0.25) is 0 Å². The van der Waals surface area contributed by atoms with Crippen molar-refractivity contribution in [3.05, 3.63) is 11.7 Å². The van der Waals surface area contributed by atoms with Gasteiger partial charge in [0.25, 0.3) is 0 Å². The van der Waals surface area contributed by atoms with Gasteiger partial charge in [-0.3, -0.25) is 0 Å². The number of hydrogen-bond donors (Lipinski definition) is 1. The molecule has 0 aliphatic rings. The first-order chi connectivity index (χ1) is 9.65. The van der Waals surface area contributed by atoms with Gasteiger partial charge in [-0.15, -0.1) is 0 Å². The van der Waals surface area contributed by atoms with Crippen LogP contribution in [0.1, 0.15) is 58.7 Å². The number of nitrogens with one attached hydrogen (secondary N) is 1. The molecule has 1 rings (SSSR count). The van der Waals surface area contributed by atoms with E-state index < -0.39 is 0 Å². The molecule has 20 heavy (non-hydrogen) atoms. The number of rotatable bonds is 10. The summed E-state index contributed by atoms with van der Waals surface area (Å²) in [4.78, 5) is 6.95. The van der Waals surface area contributed by atoms with Gasteiger partial charge in [-0.25, -0.2) is 0 Å². The highest BCUT2D eigenvalue weighted by Gasteiger charge is 2.23. The Bertz CT molecular complexity index is 363. The Kier molecular flexibility index (Phi) is 7.77. The summed E-state index contributed by atoms with van der Waals surface area (Å²) in [6.07, 6.45) is 1.86. The molecule has 1 aromatic heterocycles. The summed E-state index contributed by atoms with van der Waals surface area (Å²) < 4.78 is 5.47. The summed E-state index contributed by atoms with van der Waals surface area (Å²) in [6, 6.07) is 0.362. The van der Waals surface area contributed by atoms with Crippen LogP contribution < -0.4 is 5.32 Å². The van der Waals surface area contributed by atoms with Gasteiger partial charge in [0, 0.05) is 19.0 Å². The van der Waals surface area contributed by atoms with Crippen molar-refractivity contribution in [2.75, 3.05) is 26.2 Å². The van der Waals surface area contributed by atoms with Gasteiger partial charge in [0.05, 0.1) is 5.92 Å². The molecular weight excluding hydrogens is 252 g/mol. The molecule has 0 saturated carbocycles. The van der Waals surface area contributed by atoms with Crippen molar-refractivity contribution in [3.63, 3.8) is 0 Å². The first kappa shape index (κ1) is 17.1. The van der Waals surface area contributed by atoms with Crippen LogP contribution in [0.4, 0.5) is 0 Å². The summed E-state index contributed by atoms with van der Waals surface area (Å²) in [6.45, 7) is 14.9. The molecule has 0 radical (unpaired) electrons. The molecular formula is C15H30N4O. The van der Waals surface area contributed by atoms with Crippen molar-refractivity contribution >= 4 is 0 Å². The standard InChI is InChI=1S/C15H30N4O/c1-6-13(12(5)16-7-2)15-17-14(18-20-15)10-11-19(8-3)9-4/h12-13,16H,6-11H2,1-5H3. The van der Waals surface area contributed by atoms with Gasteiger partial charge in [-0.2, -0.15) is 4.98 Å². The van der Waals surface area contributed by atoms with Crippen LogP contribution >= 0.6 is 0 Å². The van der Waals surface area contributed by atoms with Crippen molar-refractivity contribution in [2.45, 2.75) is 59.4 Å². The Labute approximate surface area is 123 Å². The van der Waals surface area contributed by atoms with Gasteiger partial charge in [-0.05, 0) is 33.0 Å². The van der Waals surface area contributed by atoms with E-state index in [9.17, 15) is 0 Å². The summed E-state index contributed by atoms with van der Waals surface area (Å²) in [7, 11) is 0. The molecule has 1 N–H and O–H groups in total. The number of nitrogens with zero attached hydrogens (tertiary/aromatic N) is 3. The van der Waals surface area contributed by atoms with Crippen LogP contribution in [0.25, 0.3) is 0 Å². The lowest BCUT2D eigenvalue weighted by atomic mass is 9.98. The molecule has 0 aromatic carbocycles. The molecule has 1 heterocycles. The molecule has 2 unspecified atom stereocenters. The second-order valence-electron chi connectivity index (χ2n) is 5.19. The van der Waals surface area contributed by atoms with E-state index >= 15 is 0 Å². The molecule has 0 aliphatic heterocycles. The van der Waals surface area contributed by atoms with Gasteiger partial charge in [0.15, 0.2) is 5.82 Å². The monoisotopic (exact) mass is 282 g/mol. The number of hydrogen-bond acceptors (Lipinski definition) is 5. The highest BCUT2D eigenvalue weighted by molar-refractivity contribution is 4.98. The zero-order valence-corrected chi connectivity index (χ0v) is 13.6.